The molecular formula is C19H29N3O3S. The van der Waals surface area contributed by atoms with Gasteiger partial charge in [0.2, 0.25) is 11.8 Å². The maximum atomic E-state index is 12.8. The molecule has 7 heteroatoms. The van der Waals surface area contributed by atoms with Gasteiger partial charge in [-0.1, -0.05) is 33.6 Å². The van der Waals surface area contributed by atoms with Gasteiger partial charge >= 0.3 is 0 Å². The summed E-state index contributed by atoms with van der Waals surface area (Å²) >= 11 is 1.33. The lowest BCUT2D eigenvalue weighted by atomic mass is 9.93. The molecule has 1 aromatic heterocycles. The Kier molecular flexibility index (Phi) is 6.11. The highest BCUT2D eigenvalue weighted by atomic mass is 32.1. The van der Waals surface area contributed by atoms with E-state index in [1.807, 2.05) is 34.6 Å². The van der Waals surface area contributed by atoms with Crippen LogP contribution in [0, 0.1) is 19.3 Å². The van der Waals surface area contributed by atoms with E-state index in [9.17, 15) is 14.4 Å². The third kappa shape index (κ3) is 4.44. The number of hydrogen-bond donors (Lipinski definition) is 2. The average Bonchev–Trinajstić information content (AvgIpc) is 3.12. The molecular weight excluding hydrogens is 350 g/mol. The van der Waals surface area contributed by atoms with E-state index in [0.29, 0.717) is 10.6 Å². The lowest BCUT2D eigenvalue weighted by Gasteiger charge is -2.33. The number of thiophene rings is 1. The number of nitrogens with two attached hydrogens (primary N) is 1. The fourth-order valence-corrected chi connectivity index (χ4v) is 4.43. The van der Waals surface area contributed by atoms with Crippen molar-refractivity contribution in [3.8, 4) is 0 Å². The van der Waals surface area contributed by atoms with Gasteiger partial charge in [-0.15, -0.1) is 11.3 Å². The third-order valence-corrected chi connectivity index (χ3v) is 5.99. The summed E-state index contributed by atoms with van der Waals surface area (Å²) in [5.41, 5.74) is 6.06. The summed E-state index contributed by atoms with van der Waals surface area (Å²) in [5.74, 6) is -0.868. The van der Waals surface area contributed by atoms with E-state index >= 15 is 0 Å². The molecule has 1 saturated carbocycles. The van der Waals surface area contributed by atoms with Crippen LogP contribution in [0.4, 0.5) is 5.00 Å². The van der Waals surface area contributed by atoms with Crippen LogP contribution in [-0.2, 0) is 9.59 Å². The van der Waals surface area contributed by atoms with Crippen molar-refractivity contribution >= 4 is 34.1 Å². The van der Waals surface area contributed by atoms with Crippen molar-refractivity contribution in [2.45, 2.75) is 66.3 Å². The maximum absolute atomic E-state index is 12.8. The second-order valence-electron chi connectivity index (χ2n) is 8.02. The first-order valence-corrected chi connectivity index (χ1v) is 9.84. The number of carbonyl (C=O) groups excluding carboxylic acids is 3. The first-order chi connectivity index (χ1) is 12.0. The van der Waals surface area contributed by atoms with Gasteiger partial charge in [-0.05, 0) is 32.3 Å². The number of nitrogens with one attached hydrogen (secondary N) is 1. The molecule has 0 aliphatic heterocycles. The second kappa shape index (κ2) is 7.78. The highest BCUT2D eigenvalue weighted by Crippen LogP contribution is 2.32. The van der Waals surface area contributed by atoms with E-state index in [4.69, 9.17) is 5.73 Å². The van der Waals surface area contributed by atoms with Crippen LogP contribution in [-0.4, -0.2) is 35.2 Å². The van der Waals surface area contributed by atoms with E-state index < -0.39 is 11.3 Å². The number of hydrogen-bond acceptors (Lipinski definition) is 4. The SMILES string of the molecule is Cc1sc(NC(=O)CN(C(=O)C(C)(C)C)C2CCCC2)c(C(N)=O)c1C. The van der Waals surface area contributed by atoms with E-state index in [1.165, 1.54) is 11.3 Å². The molecule has 0 aromatic carbocycles. The molecule has 0 saturated heterocycles. The van der Waals surface area contributed by atoms with Crippen LogP contribution >= 0.6 is 11.3 Å². The van der Waals surface area contributed by atoms with Crippen molar-refractivity contribution in [2.75, 3.05) is 11.9 Å². The van der Waals surface area contributed by atoms with Gasteiger partial charge in [0.1, 0.15) is 11.5 Å². The molecule has 1 heterocycles. The number of carbonyl (C=O) groups is 3. The van der Waals surface area contributed by atoms with Crippen LogP contribution in [0.2, 0.25) is 0 Å². The number of aryl methyl sites for hydroxylation is 1. The average molecular weight is 380 g/mol. The molecule has 3 N–H and O–H groups in total. The van der Waals surface area contributed by atoms with Crippen LogP contribution in [0.25, 0.3) is 0 Å². The van der Waals surface area contributed by atoms with Gasteiger partial charge in [-0.2, -0.15) is 0 Å². The standard InChI is InChI=1S/C19H29N3O3S/c1-11-12(2)26-17(15(11)16(20)24)21-14(23)10-22(13-8-6-7-9-13)18(25)19(3,4)5/h13H,6-10H2,1-5H3,(H2,20,24)(H,21,23). The molecule has 1 aromatic rings. The molecule has 0 spiro atoms. The highest BCUT2D eigenvalue weighted by Gasteiger charge is 2.34. The van der Waals surface area contributed by atoms with E-state index in [1.54, 1.807) is 4.90 Å². The summed E-state index contributed by atoms with van der Waals surface area (Å²) in [4.78, 5) is 39.9. The minimum absolute atomic E-state index is 0.00499. The summed E-state index contributed by atoms with van der Waals surface area (Å²) in [6, 6.07) is 0.106. The lowest BCUT2D eigenvalue weighted by molar-refractivity contribution is -0.144. The van der Waals surface area contributed by atoms with Crippen LogP contribution in [0.3, 0.4) is 0 Å². The van der Waals surface area contributed by atoms with Crippen LogP contribution < -0.4 is 11.1 Å². The fraction of sp³-hybridized carbons (Fsp3) is 0.632. The molecule has 1 fully saturated rings. The van der Waals surface area contributed by atoms with Gasteiger partial charge in [0.25, 0.3) is 5.91 Å². The Morgan fingerprint density at radius 3 is 2.27 bits per heavy atom. The molecule has 144 valence electrons. The number of amides is 3. The number of rotatable bonds is 5. The van der Waals surface area contributed by atoms with Gasteiger partial charge in [0, 0.05) is 16.3 Å². The Hall–Kier alpha value is -1.89. The molecule has 0 radical (unpaired) electrons. The molecule has 2 rings (SSSR count). The monoisotopic (exact) mass is 379 g/mol. The predicted octanol–water partition coefficient (Wildman–Crippen LogP) is 3.22. The molecule has 6 nitrogen and oxygen atoms in total. The van der Waals surface area contributed by atoms with Gasteiger partial charge in [0.15, 0.2) is 0 Å². The van der Waals surface area contributed by atoms with Crippen molar-refractivity contribution in [1.29, 1.82) is 0 Å². The van der Waals surface area contributed by atoms with Crippen molar-refractivity contribution in [3.63, 3.8) is 0 Å². The molecule has 3 amide bonds. The Bertz CT molecular complexity index is 712. The van der Waals surface area contributed by atoms with E-state index in [2.05, 4.69) is 5.32 Å². The highest BCUT2D eigenvalue weighted by molar-refractivity contribution is 7.16. The number of primary amides is 1. The van der Waals surface area contributed by atoms with Crippen LogP contribution in [0.5, 0.6) is 0 Å². The zero-order valence-electron chi connectivity index (χ0n) is 16.3. The minimum Gasteiger partial charge on any atom is -0.365 e. The van der Waals surface area contributed by atoms with Gasteiger partial charge < -0.3 is 16.0 Å². The number of nitrogens with zero attached hydrogens (tertiary/aromatic N) is 1. The molecule has 0 bridgehead atoms. The van der Waals surface area contributed by atoms with Crippen LogP contribution in [0.15, 0.2) is 0 Å². The Morgan fingerprint density at radius 1 is 1.19 bits per heavy atom. The summed E-state index contributed by atoms with van der Waals surface area (Å²) in [7, 11) is 0. The molecule has 0 unspecified atom stereocenters. The maximum Gasteiger partial charge on any atom is 0.251 e. The van der Waals surface area contributed by atoms with Crippen LogP contribution in [0.1, 0.15) is 67.3 Å². The largest absolute Gasteiger partial charge is 0.365 e. The quantitative estimate of drug-likeness (QED) is 0.823. The zero-order valence-corrected chi connectivity index (χ0v) is 17.1. The van der Waals surface area contributed by atoms with Gasteiger partial charge in [0.05, 0.1) is 5.56 Å². The van der Waals surface area contributed by atoms with Crippen molar-refractivity contribution < 1.29 is 14.4 Å². The molecule has 0 atom stereocenters. The topological polar surface area (TPSA) is 92.5 Å². The van der Waals surface area contributed by atoms with Crippen molar-refractivity contribution in [2.24, 2.45) is 11.1 Å². The Labute approximate surface area is 159 Å². The molecule has 1 aliphatic carbocycles. The number of anilines is 1. The molecule has 1 aliphatic rings. The second-order valence-corrected chi connectivity index (χ2v) is 9.25. The summed E-state index contributed by atoms with van der Waals surface area (Å²) < 4.78 is 0. The zero-order chi connectivity index (χ0) is 19.6. The third-order valence-electron chi connectivity index (χ3n) is 4.87. The first-order valence-electron chi connectivity index (χ1n) is 9.03. The summed E-state index contributed by atoms with van der Waals surface area (Å²) in [5, 5.41) is 3.26. The summed E-state index contributed by atoms with van der Waals surface area (Å²) in [6.45, 7) is 9.30. The van der Waals surface area contributed by atoms with Crippen molar-refractivity contribution in [1.82, 2.24) is 4.90 Å². The van der Waals surface area contributed by atoms with E-state index in [0.717, 1.165) is 36.1 Å². The smallest absolute Gasteiger partial charge is 0.251 e. The predicted molar refractivity (Wildman–Crippen MR) is 104 cm³/mol. The van der Waals surface area contributed by atoms with E-state index in [-0.39, 0.29) is 24.4 Å². The lowest BCUT2D eigenvalue weighted by Crippen LogP contribution is -2.48. The summed E-state index contributed by atoms with van der Waals surface area (Å²) in [6.07, 6.45) is 4.02. The molecule has 26 heavy (non-hydrogen) atoms. The van der Waals surface area contributed by atoms with Gasteiger partial charge in [-0.3, -0.25) is 14.4 Å². The minimum atomic E-state index is -0.555. The Morgan fingerprint density at radius 2 is 1.77 bits per heavy atom. The Balaban J connectivity index is 2.19. The fourth-order valence-electron chi connectivity index (χ4n) is 3.35. The van der Waals surface area contributed by atoms with Crippen molar-refractivity contribution in [3.05, 3.63) is 16.0 Å². The normalized spacial score (nSPS) is 15.1. The first kappa shape index (κ1) is 20.4. The van der Waals surface area contributed by atoms with Gasteiger partial charge in [-0.25, -0.2) is 0 Å².